The quantitative estimate of drug-likeness (QED) is 0.172. The highest BCUT2D eigenvalue weighted by molar-refractivity contribution is 7.80. The monoisotopic (exact) mass is 569 g/mol. The average molecular weight is 570 g/mol. The van der Waals surface area contributed by atoms with Crippen LogP contribution in [0.2, 0.25) is 0 Å². The van der Waals surface area contributed by atoms with Crippen LogP contribution in [0.5, 0.6) is 0 Å². The molecule has 40 heavy (non-hydrogen) atoms. The molecule has 8 heteroatoms. The van der Waals surface area contributed by atoms with Gasteiger partial charge in [0.2, 0.25) is 11.8 Å². The van der Waals surface area contributed by atoms with Gasteiger partial charge in [-0.1, -0.05) is 93.6 Å². The van der Waals surface area contributed by atoms with Gasteiger partial charge in [0.05, 0.1) is 0 Å². The summed E-state index contributed by atoms with van der Waals surface area (Å²) in [5, 5.41) is 5.72. The Kier molecular flexibility index (Phi) is 14.1. The first-order valence-electron chi connectivity index (χ1n) is 14.4. The predicted molar refractivity (Wildman–Crippen MR) is 164 cm³/mol. The van der Waals surface area contributed by atoms with Crippen LogP contribution in [0.15, 0.2) is 54.6 Å². The van der Waals surface area contributed by atoms with Crippen molar-refractivity contribution in [2.75, 3.05) is 12.3 Å². The van der Waals surface area contributed by atoms with E-state index in [1.165, 1.54) is 6.42 Å². The van der Waals surface area contributed by atoms with E-state index in [9.17, 15) is 14.4 Å². The molecule has 0 spiro atoms. The molecule has 2 rings (SSSR count). The molecule has 0 radical (unpaired) electrons. The highest BCUT2D eigenvalue weighted by Gasteiger charge is 2.36. The molecule has 0 aliphatic carbocycles. The maximum atomic E-state index is 14.1. The standard InChI is InChI=1S/C32H47N3O4S/c1-6-7-8-9-10-16-21-35(30(37)27(23-40)34-31(38)39-32(3,4)5)28(26-20-15-14-17-24(26)2)29(36)33-22-25-18-12-11-13-19-25/h11-15,17-20,27-28,40H,6-10,16,21-23H2,1-5H3,(H,33,36)(H,34,38). The first kappa shape index (κ1) is 33.2. The van der Waals surface area contributed by atoms with E-state index in [-0.39, 0.29) is 17.6 Å². The summed E-state index contributed by atoms with van der Waals surface area (Å²) >= 11 is 4.38. The summed E-state index contributed by atoms with van der Waals surface area (Å²) in [6, 6.07) is 15.5. The second-order valence-corrected chi connectivity index (χ2v) is 11.5. The fourth-order valence-electron chi connectivity index (χ4n) is 4.49. The molecule has 0 saturated heterocycles. The number of carbonyl (C=O) groups excluding carboxylic acids is 3. The SMILES string of the molecule is CCCCCCCCN(C(=O)C(CS)NC(=O)OC(C)(C)C)C(C(=O)NCc1ccccc1)c1ccccc1C. The molecule has 0 aromatic heterocycles. The number of hydrogen-bond acceptors (Lipinski definition) is 5. The summed E-state index contributed by atoms with van der Waals surface area (Å²) < 4.78 is 5.40. The lowest BCUT2D eigenvalue weighted by atomic mass is 9.97. The molecule has 0 aliphatic heterocycles. The van der Waals surface area contributed by atoms with Crippen molar-refractivity contribution >= 4 is 30.5 Å². The summed E-state index contributed by atoms with van der Waals surface area (Å²) in [4.78, 5) is 42.1. The first-order valence-corrected chi connectivity index (χ1v) is 15.0. The van der Waals surface area contributed by atoms with Crippen molar-refractivity contribution in [2.45, 2.75) is 97.4 Å². The van der Waals surface area contributed by atoms with Crippen LogP contribution in [0.3, 0.4) is 0 Å². The summed E-state index contributed by atoms with van der Waals surface area (Å²) in [7, 11) is 0. The Balaban J connectivity index is 2.38. The number of aryl methyl sites for hydroxylation is 1. The smallest absolute Gasteiger partial charge is 0.408 e. The van der Waals surface area contributed by atoms with Crippen LogP contribution in [0.25, 0.3) is 0 Å². The van der Waals surface area contributed by atoms with Gasteiger partial charge in [0.25, 0.3) is 0 Å². The van der Waals surface area contributed by atoms with E-state index in [2.05, 4.69) is 30.2 Å². The highest BCUT2D eigenvalue weighted by atomic mass is 32.1. The molecule has 2 aromatic carbocycles. The van der Waals surface area contributed by atoms with Gasteiger partial charge in [0, 0.05) is 18.8 Å². The molecule has 2 aromatic rings. The highest BCUT2D eigenvalue weighted by Crippen LogP contribution is 2.27. The number of alkyl carbamates (subject to hydrolysis) is 1. The van der Waals surface area contributed by atoms with Gasteiger partial charge in [-0.3, -0.25) is 9.59 Å². The van der Waals surface area contributed by atoms with Crippen molar-refractivity contribution in [3.05, 3.63) is 71.3 Å². The Morgan fingerprint density at radius 2 is 1.55 bits per heavy atom. The number of nitrogens with zero attached hydrogens (tertiary/aromatic N) is 1. The Morgan fingerprint density at radius 1 is 0.925 bits per heavy atom. The molecule has 0 fully saturated rings. The normalized spacial score (nSPS) is 12.8. The molecule has 2 unspecified atom stereocenters. The van der Waals surface area contributed by atoms with Gasteiger partial charge in [-0.15, -0.1) is 0 Å². The summed E-state index contributed by atoms with van der Waals surface area (Å²) in [5.41, 5.74) is 1.91. The zero-order chi connectivity index (χ0) is 29.5. The molecule has 0 saturated carbocycles. The lowest BCUT2D eigenvalue weighted by Crippen LogP contribution is -2.54. The van der Waals surface area contributed by atoms with E-state index in [1.54, 1.807) is 25.7 Å². The average Bonchev–Trinajstić information content (AvgIpc) is 2.91. The van der Waals surface area contributed by atoms with Crippen molar-refractivity contribution in [3.63, 3.8) is 0 Å². The number of amides is 3. The lowest BCUT2D eigenvalue weighted by Gasteiger charge is -2.35. The minimum atomic E-state index is -0.952. The van der Waals surface area contributed by atoms with Crippen LogP contribution in [0.4, 0.5) is 4.79 Å². The van der Waals surface area contributed by atoms with Crippen LogP contribution >= 0.6 is 12.6 Å². The first-order chi connectivity index (χ1) is 19.1. The number of nitrogens with one attached hydrogen (secondary N) is 2. The van der Waals surface area contributed by atoms with E-state index in [1.807, 2.05) is 61.5 Å². The predicted octanol–water partition coefficient (Wildman–Crippen LogP) is 6.36. The molecular weight excluding hydrogens is 522 g/mol. The summed E-state index contributed by atoms with van der Waals surface area (Å²) in [6.45, 7) is 10.1. The van der Waals surface area contributed by atoms with E-state index >= 15 is 0 Å². The third-order valence-corrected chi connectivity index (χ3v) is 6.93. The lowest BCUT2D eigenvalue weighted by molar-refractivity contribution is -0.142. The third-order valence-electron chi connectivity index (χ3n) is 6.56. The van der Waals surface area contributed by atoms with Gasteiger partial charge in [0.1, 0.15) is 17.7 Å². The van der Waals surface area contributed by atoms with Crippen LogP contribution in [0, 0.1) is 6.92 Å². The van der Waals surface area contributed by atoms with Crippen molar-refractivity contribution in [3.8, 4) is 0 Å². The van der Waals surface area contributed by atoms with Gasteiger partial charge in [-0.2, -0.15) is 12.6 Å². The second-order valence-electron chi connectivity index (χ2n) is 11.1. The Labute approximate surface area is 245 Å². The minimum absolute atomic E-state index is 0.0667. The number of unbranched alkanes of at least 4 members (excludes halogenated alkanes) is 5. The summed E-state index contributed by atoms with van der Waals surface area (Å²) in [5.74, 6) is -0.567. The van der Waals surface area contributed by atoms with Gasteiger partial charge in [-0.25, -0.2) is 4.79 Å². The number of carbonyl (C=O) groups is 3. The molecule has 2 N–H and O–H groups in total. The number of ether oxygens (including phenoxy) is 1. The molecule has 0 heterocycles. The molecule has 0 aliphatic rings. The number of rotatable bonds is 15. The zero-order valence-electron chi connectivity index (χ0n) is 24.7. The molecular formula is C32H47N3O4S. The molecule has 220 valence electrons. The third kappa shape index (κ3) is 11.2. The van der Waals surface area contributed by atoms with Gasteiger partial charge in [-0.05, 0) is 50.8 Å². The number of thiol groups is 1. The fraction of sp³-hybridized carbons (Fsp3) is 0.531. The molecule has 3 amide bonds. The molecule has 7 nitrogen and oxygen atoms in total. The van der Waals surface area contributed by atoms with Crippen molar-refractivity contribution in [1.82, 2.24) is 15.5 Å². The second kappa shape index (κ2) is 17.0. The van der Waals surface area contributed by atoms with Crippen LogP contribution in [0.1, 0.15) is 89.0 Å². The van der Waals surface area contributed by atoms with E-state index in [0.717, 1.165) is 48.8 Å². The van der Waals surface area contributed by atoms with E-state index < -0.39 is 23.8 Å². The van der Waals surface area contributed by atoms with E-state index in [4.69, 9.17) is 4.74 Å². The topological polar surface area (TPSA) is 87.7 Å². The van der Waals surface area contributed by atoms with E-state index in [0.29, 0.717) is 13.1 Å². The molecule has 2 atom stereocenters. The Morgan fingerprint density at radius 3 is 2.17 bits per heavy atom. The van der Waals surface area contributed by atoms with Crippen molar-refractivity contribution in [1.29, 1.82) is 0 Å². The summed E-state index contributed by atoms with van der Waals surface area (Å²) in [6.07, 6.45) is 5.54. The van der Waals surface area contributed by atoms with Crippen molar-refractivity contribution < 1.29 is 19.1 Å². The largest absolute Gasteiger partial charge is 0.444 e. The van der Waals surface area contributed by atoms with Crippen molar-refractivity contribution in [2.24, 2.45) is 0 Å². The van der Waals surface area contributed by atoms with Gasteiger partial charge < -0.3 is 20.3 Å². The Hall–Kier alpha value is -3.00. The maximum absolute atomic E-state index is 14.1. The number of hydrogen-bond donors (Lipinski definition) is 3. The van der Waals surface area contributed by atoms with Crippen LogP contribution in [-0.4, -0.2) is 46.7 Å². The van der Waals surface area contributed by atoms with Gasteiger partial charge in [0.15, 0.2) is 0 Å². The fourth-order valence-corrected chi connectivity index (χ4v) is 4.74. The van der Waals surface area contributed by atoms with Gasteiger partial charge >= 0.3 is 6.09 Å². The zero-order valence-corrected chi connectivity index (χ0v) is 25.6. The minimum Gasteiger partial charge on any atom is -0.444 e. The maximum Gasteiger partial charge on any atom is 0.408 e. The molecule has 0 bridgehead atoms. The number of benzene rings is 2. The Bertz CT molecular complexity index is 1070. The van der Waals surface area contributed by atoms with Crippen LogP contribution in [-0.2, 0) is 20.9 Å². The van der Waals surface area contributed by atoms with Crippen LogP contribution < -0.4 is 10.6 Å².